The zero-order chi connectivity index (χ0) is 20.4. The SMILES string of the molecule is CCC(Oc1ccc(C)cc1)C(=O)NNC(=O)CCC(=O)Nc1ccccc1. The van der Waals surface area contributed by atoms with E-state index < -0.39 is 17.9 Å². The molecule has 148 valence electrons. The molecule has 0 aliphatic carbocycles. The Hall–Kier alpha value is -3.35. The summed E-state index contributed by atoms with van der Waals surface area (Å²) in [6, 6.07) is 16.3. The minimum absolute atomic E-state index is 0.00761. The van der Waals surface area contributed by atoms with Crippen LogP contribution in [0.3, 0.4) is 0 Å². The van der Waals surface area contributed by atoms with Gasteiger partial charge in [-0.05, 0) is 37.6 Å². The lowest BCUT2D eigenvalue weighted by Crippen LogP contribution is -2.48. The largest absolute Gasteiger partial charge is 0.481 e. The van der Waals surface area contributed by atoms with Gasteiger partial charge in [-0.1, -0.05) is 42.8 Å². The summed E-state index contributed by atoms with van der Waals surface area (Å²) in [5, 5.41) is 2.69. The Morgan fingerprint density at radius 2 is 1.54 bits per heavy atom. The van der Waals surface area contributed by atoms with Crippen LogP contribution in [0.2, 0.25) is 0 Å². The third-order valence-electron chi connectivity index (χ3n) is 3.92. The van der Waals surface area contributed by atoms with Crippen molar-refractivity contribution in [2.45, 2.75) is 39.2 Å². The Morgan fingerprint density at radius 1 is 0.893 bits per heavy atom. The van der Waals surface area contributed by atoms with Gasteiger partial charge in [0.15, 0.2) is 6.10 Å². The Morgan fingerprint density at radius 3 is 2.18 bits per heavy atom. The number of hydrogen-bond acceptors (Lipinski definition) is 4. The van der Waals surface area contributed by atoms with E-state index in [1.54, 1.807) is 36.4 Å². The molecule has 0 aliphatic rings. The van der Waals surface area contributed by atoms with E-state index in [0.717, 1.165) is 5.56 Å². The number of carbonyl (C=O) groups is 3. The van der Waals surface area contributed by atoms with Gasteiger partial charge in [0.05, 0.1) is 0 Å². The first-order valence-electron chi connectivity index (χ1n) is 9.15. The fourth-order valence-corrected chi connectivity index (χ4v) is 2.35. The highest BCUT2D eigenvalue weighted by atomic mass is 16.5. The van der Waals surface area contributed by atoms with Gasteiger partial charge in [-0.2, -0.15) is 0 Å². The van der Waals surface area contributed by atoms with Crippen molar-refractivity contribution in [3.8, 4) is 5.75 Å². The van der Waals surface area contributed by atoms with Crippen LogP contribution < -0.4 is 20.9 Å². The highest BCUT2D eigenvalue weighted by molar-refractivity contribution is 5.93. The maximum absolute atomic E-state index is 12.2. The Bertz CT molecular complexity index is 791. The molecule has 2 rings (SSSR count). The molecule has 1 unspecified atom stereocenters. The second-order valence-electron chi connectivity index (χ2n) is 6.28. The summed E-state index contributed by atoms with van der Waals surface area (Å²) in [4.78, 5) is 35.9. The van der Waals surface area contributed by atoms with Gasteiger partial charge in [0, 0.05) is 18.5 Å². The van der Waals surface area contributed by atoms with Gasteiger partial charge < -0.3 is 10.1 Å². The quantitative estimate of drug-likeness (QED) is 0.611. The molecule has 1 atom stereocenters. The zero-order valence-electron chi connectivity index (χ0n) is 16.0. The maximum atomic E-state index is 12.2. The Balaban J connectivity index is 1.72. The molecule has 7 heteroatoms. The van der Waals surface area contributed by atoms with Gasteiger partial charge >= 0.3 is 0 Å². The van der Waals surface area contributed by atoms with E-state index in [1.165, 1.54) is 0 Å². The van der Waals surface area contributed by atoms with E-state index >= 15 is 0 Å². The summed E-state index contributed by atoms with van der Waals surface area (Å²) in [6.07, 6.45) is -0.332. The molecule has 7 nitrogen and oxygen atoms in total. The van der Waals surface area contributed by atoms with Crippen LogP contribution in [0.5, 0.6) is 5.75 Å². The Labute approximate surface area is 164 Å². The number of hydrazine groups is 1. The summed E-state index contributed by atoms with van der Waals surface area (Å²) < 4.78 is 5.65. The molecular formula is C21H25N3O4. The van der Waals surface area contributed by atoms with Gasteiger partial charge in [-0.25, -0.2) is 0 Å². The minimum Gasteiger partial charge on any atom is -0.481 e. The number of benzene rings is 2. The van der Waals surface area contributed by atoms with Gasteiger partial charge in [-0.15, -0.1) is 0 Å². The smallest absolute Gasteiger partial charge is 0.279 e. The van der Waals surface area contributed by atoms with Crippen LogP contribution in [-0.4, -0.2) is 23.8 Å². The van der Waals surface area contributed by atoms with Crippen LogP contribution in [-0.2, 0) is 14.4 Å². The standard InChI is InChI=1S/C21H25N3O4/c1-3-18(28-17-11-9-15(2)10-12-17)21(27)24-23-20(26)14-13-19(25)22-16-7-5-4-6-8-16/h4-12,18H,3,13-14H2,1-2H3,(H,22,25)(H,23,26)(H,24,27). The van der Waals surface area contributed by atoms with Crippen molar-refractivity contribution < 1.29 is 19.1 Å². The fourth-order valence-electron chi connectivity index (χ4n) is 2.35. The molecule has 0 fully saturated rings. The summed E-state index contributed by atoms with van der Waals surface area (Å²) in [7, 11) is 0. The molecule has 2 aromatic carbocycles. The van der Waals surface area contributed by atoms with Crippen molar-refractivity contribution in [3.05, 3.63) is 60.2 Å². The second kappa shape index (κ2) is 10.7. The molecule has 0 aliphatic heterocycles. The topological polar surface area (TPSA) is 96.5 Å². The number of rotatable bonds is 8. The monoisotopic (exact) mass is 383 g/mol. The number of anilines is 1. The molecule has 0 aromatic heterocycles. The average Bonchev–Trinajstić information content (AvgIpc) is 2.70. The number of hydrogen-bond donors (Lipinski definition) is 3. The first kappa shape index (κ1) is 21.0. The summed E-state index contributed by atoms with van der Waals surface area (Å²) >= 11 is 0. The Kier molecular flexibility index (Phi) is 8.02. The van der Waals surface area contributed by atoms with Gasteiger partial charge in [0.1, 0.15) is 5.75 Å². The third-order valence-corrected chi connectivity index (χ3v) is 3.92. The van der Waals surface area contributed by atoms with Crippen molar-refractivity contribution >= 4 is 23.4 Å². The normalized spacial score (nSPS) is 11.2. The summed E-state index contributed by atoms with van der Waals surface area (Å²) in [5.41, 5.74) is 6.41. The molecule has 0 spiro atoms. The number of amides is 3. The van der Waals surface area contributed by atoms with E-state index in [0.29, 0.717) is 17.9 Å². The molecule has 0 saturated carbocycles. The summed E-state index contributed by atoms with van der Waals surface area (Å²) in [5.74, 6) is -0.606. The van der Waals surface area contributed by atoms with E-state index in [4.69, 9.17) is 4.74 Å². The van der Waals surface area contributed by atoms with Crippen molar-refractivity contribution in [1.82, 2.24) is 10.9 Å². The van der Waals surface area contributed by atoms with E-state index in [1.807, 2.05) is 32.0 Å². The van der Waals surface area contributed by atoms with Crippen LogP contribution in [0, 0.1) is 6.92 Å². The van der Waals surface area contributed by atoms with E-state index in [2.05, 4.69) is 16.2 Å². The number of carbonyl (C=O) groups excluding carboxylic acids is 3. The van der Waals surface area contributed by atoms with Gasteiger partial charge in [0.25, 0.3) is 5.91 Å². The molecule has 0 radical (unpaired) electrons. The maximum Gasteiger partial charge on any atom is 0.279 e. The second-order valence-corrected chi connectivity index (χ2v) is 6.28. The molecule has 3 amide bonds. The minimum atomic E-state index is -0.732. The first-order chi connectivity index (χ1) is 13.5. The number of aryl methyl sites for hydroxylation is 1. The van der Waals surface area contributed by atoms with Crippen LogP contribution in [0.1, 0.15) is 31.7 Å². The first-order valence-corrected chi connectivity index (χ1v) is 9.15. The van der Waals surface area contributed by atoms with Crippen LogP contribution in [0.25, 0.3) is 0 Å². The lowest BCUT2D eigenvalue weighted by molar-refractivity contribution is -0.133. The predicted molar refractivity (Wildman–Crippen MR) is 106 cm³/mol. The molecule has 0 heterocycles. The lowest BCUT2D eigenvalue weighted by Gasteiger charge is -2.17. The highest BCUT2D eigenvalue weighted by Crippen LogP contribution is 2.14. The predicted octanol–water partition coefficient (Wildman–Crippen LogP) is 2.72. The van der Waals surface area contributed by atoms with E-state index in [9.17, 15) is 14.4 Å². The third kappa shape index (κ3) is 7.11. The van der Waals surface area contributed by atoms with Crippen molar-refractivity contribution in [2.75, 3.05) is 5.32 Å². The van der Waals surface area contributed by atoms with Gasteiger partial charge in [-0.3, -0.25) is 25.2 Å². The van der Waals surface area contributed by atoms with Crippen molar-refractivity contribution in [3.63, 3.8) is 0 Å². The molecule has 3 N–H and O–H groups in total. The van der Waals surface area contributed by atoms with Crippen molar-refractivity contribution in [1.29, 1.82) is 0 Å². The van der Waals surface area contributed by atoms with Crippen LogP contribution in [0.4, 0.5) is 5.69 Å². The molecule has 28 heavy (non-hydrogen) atoms. The van der Waals surface area contributed by atoms with Crippen LogP contribution in [0.15, 0.2) is 54.6 Å². The van der Waals surface area contributed by atoms with Crippen LogP contribution >= 0.6 is 0 Å². The average molecular weight is 383 g/mol. The lowest BCUT2D eigenvalue weighted by atomic mass is 10.2. The molecule has 0 bridgehead atoms. The summed E-state index contributed by atoms with van der Waals surface area (Å²) in [6.45, 7) is 3.78. The number of ether oxygens (including phenoxy) is 1. The number of para-hydroxylation sites is 1. The fraction of sp³-hybridized carbons (Fsp3) is 0.286. The van der Waals surface area contributed by atoms with Gasteiger partial charge in [0.2, 0.25) is 11.8 Å². The van der Waals surface area contributed by atoms with Crippen molar-refractivity contribution in [2.24, 2.45) is 0 Å². The molecule has 0 saturated heterocycles. The highest BCUT2D eigenvalue weighted by Gasteiger charge is 2.19. The molecular weight excluding hydrogens is 358 g/mol. The van der Waals surface area contributed by atoms with E-state index in [-0.39, 0.29) is 18.7 Å². The number of nitrogens with one attached hydrogen (secondary N) is 3. The zero-order valence-corrected chi connectivity index (χ0v) is 16.0. The molecule has 2 aromatic rings.